The molecule has 264 valence electrons. The van der Waals surface area contributed by atoms with Gasteiger partial charge in [0.25, 0.3) is 0 Å². The molecular formula is C40H72Na2O5. The summed E-state index contributed by atoms with van der Waals surface area (Å²) in [5, 5.41) is 23.5. The Balaban J connectivity index is -0.00000968. The quantitative estimate of drug-likeness (QED) is 0.0324. The SMILES string of the molecule is CCCCCCCCCCCCCCCCCC/C(C(=O)[O-])=C(\C(=O)[O-])C(=O)CCCCCCCCCCCCCCCCC.[Na+].[Na+]. The van der Waals surface area contributed by atoms with Crippen LogP contribution < -0.4 is 69.3 Å². The Hall–Kier alpha value is 0.350. The first-order valence-corrected chi connectivity index (χ1v) is 19.6. The molecule has 0 atom stereocenters. The van der Waals surface area contributed by atoms with Gasteiger partial charge in [-0.1, -0.05) is 200 Å². The second-order valence-corrected chi connectivity index (χ2v) is 13.6. The van der Waals surface area contributed by atoms with Crippen LogP contribution in [0.2, 0.25) is 0 Å². The number of carbonyl (C=O) groups is 3. The molecule has 0 N–H and O–H groups in total. The van der Waals surface area contributed by atoms with Gasteiger partial charge in [-0.15, -0.1) is 0 Å². The average molecular weight is 679 g/mol. The van der Waals surface area contributed by atoms with Crippen molar-refractivity contribution < 1.29 is 83.7 Å². The van der Waals surface area contributed by atoms with E-state index in [4.69, 9.17) is 0 Å². The summed E-state index contributed by atoms with van der Waals surface area (Å²) in [4.78, 5) is 36.1. The van der Waals surface area contributed by atoms with Crippen LogP contribution in [0.15, 0.2) is 11.1 Å². The third kappa shape index (κ3) is 34.6. The maximum atomic E-state index is 12.7. The second-order valence-electron chi connectivity index (χ2n) is 13.6. The molecule has 0 fully saturated rings. The van der Waals surface area contributed by atoms with E-state index < -0.39 is 23.3 Å². The van der Waals surface area contributed by atoms with Crippen LogP contribution in [0.3, 0.4) is 0 Å². The van der Waals surface area contributed by atoms with E-state index in [0.717, 1.165) is 38.5 Å². The van der Waals surface area contributed by atoms with Crippen molar-refractivity contribution in [3.05, 3.63) is 11.1 Å². The van der Waals surface area contributed by atoms with Crippen molar-refractivity contribution in [3.63, 3.8) is 0 Å². The molecule has 0 heterocycles. The van der Waals surface area contributed by atoms with Crippen molar-refractivity contribution in [1.29, 1.82) is 0 Å². The van der Waals surface area contributed by atoms with E-state index in [2.05, 4.69) is 13.8 Å². The Bertz CT molecular complexity index is 753. The number of carboxylic acids is 2. The zero-order valence-electron chi connectivity index (χ0n) is 31.9. The van der Waals surface area contributed by atoms with Gasteiger partial charge in [-0.3, -0.25) is 4.79 Å². The van der Waals surface area contributed by atoms with Gasteiger partial charge in [0, 0.05) is 12.0 Å². The Kier molecular flexibility index (Phi) is 44.9. The summed E-state index contributed by atoms with van der Waals surface area (Å²) in [5.74, 6) is -3.86. The number of hydrogen-bond donors (Lipinski definition) is 0. The smallest absolute Gasteiger partial charge is 0.545 e. The summed E-state index contributed by atoms with van der Waals surface area (Å²) in [7, 11) is 0. The minimum absolute atomic E-state index is 0. The minimum atomic E-state index is -1.68. The van der Waals surface area contributed by atoms with Gasteiger partial charge >= 0.3 is 59.1 Å². The number of ketones is 1. The van der Waals surface area contributed by atoms with Crippen molar-refractivity contribution in [2.45, 2.75) is 226 Å². The van der Waals surface area contributed by atoms with Crippen molar-refractivity contribution >= 4 is 17.7 Å². The van der Waals surface area contributed by atoms with E-state index >= 15 is 0 Å². The van der Waals surface area contributed by atoms with E-state index in [9.17, 15) is 24.6 Å². The zero-order valence-corrected chi connectivity index (χ0v) is 35.9. The Labute approximate surface area is 335 Å². The third-order valence-corrected chi connectivity index (χ3v) is 9.32. The summed E-state index contributed by atoms with van der Waals surface area (Å²) < 4.78 is 0. The van der Waals surface area contributed by atoms with E-state index in [1.54, 1.807) is 0 Å². The number of aliphatic carboxylic acids is 2. The van der Waals surface area contributed by atoms with Gasteiger partial charge in [-0.25, -0.2) is 0 Å². The number of Topliss-reactive ketones (excluding diaryl/α,β-unsaturated/α-hetero) is 1. The first kappa shape index (κ1) is 51.7. The van der Waals surface area contributed by atoms with E-state index in [-0.39, 0.29) is 77.5 Å². The first-order valence-electron chi connectivity index (χ1n) is 19.6. The van der Waals surface area contributed by atoms with Crippen LogP contribution in [-0.4, -0.2) is 17.7 Å². The molecule has 0 saturated heterocycles. The molecule has 0 aromatic heterocycles. The normalized spacial score (nSPS) is 11.4. The molecule has 0 radical (unpaired) electrons. The molecule has 0 aliphatic carbocycles. The van der Waals surface area contributed by atoms with Gasteiger partial charge in [0.15, 0.2) is 5.78 Å². The molecule has 0 aromatic rings. The molecule has 47 heavy (non-hydrogen) atoms. The second kappa shape index (κ2) is 40.8. The van der Waals surface area contributed by atoms with Crippen LogP contribution in [0.4, 0.5) is 0 Å². The van der Waals surface area contributed by atoms with Gasteiger partial charge in [-0.2, -0.15) is 0 Å². The van der Waals surface area contributed by atoms with Gasteiger partial charge < -0.3 is 19.8 Å². The molecular weight excluding hydrogens is 606 g/mol. The van der Waals surface area contributed by atoms with Gasteiger partial charge in [0.1, 0.15) is 0 Å². The van der Waals surface area contributed by atoms with Crippen molar-refractivity contribution in [2.24, 2.45) is 0 Å². The van der Waals surface area contributed by atoms with Gasteiger partial charge in [0.05, 0.1) is 11.9 Å². The molecule has 7 heteroatoms. The Morgan fingerprint density at radius 3 is 0.809 bits per heavy atom. The molecule has 0 spiro atoms. The first-order chi connectivity index (χ1) is 22.0. The molecule has 0 rings (SSSR count). The zero-order chi connectivity index (χ0) is 33.2. The summed E-state index contributed by atoms with van der Waals surface area (Å²) in [6.07, 6.45) is 37.6. The predicted octanol–water partition coefficient (Wildman–Crippen LogP) is 4.27. The molecule has 0 amide bonds. The molecule has 0 bridgehead atoms. The van der Waals surface area contributed by atoms with Crippen molar-refractivity contribution in [1.82, 2.24) is 0 Å². The van der Waals surface area contributed by atoms with Crippen LogP contribution in [-0.2, 0) is 14.4 Å². The molecule has 0 aliphatic rings. The van der Waals surface area contributed by atoms with Crippen molar-refractivity contribution in [2.75, 3.05) is 0 Å². The Morgan fingerprint density at radius 2 is 0.574 bits per heavy atom. The Morgan fingerprint density at radius 1 is 0.340 bits per heavy atom. The molecule has 0 aliphatic heterocycles. The predicted molar refractivity (Wildman–Crippen MR) is 186 cm³/mol. The number of unbranched alkanes of at least 4 members (excludes halogenated alkanes) is 29. The van der Waals surface area contributed by atoms with Crippen LogP contribution in [0.1, 0.15) is 226 Å². The van der Waals surface area contributed by atoms with Crippen LogP contribution in [0.5, 0.6) is 0 Å². The summed E-state index contributed by atoms with van der Waals surface area (Å²) in [6, 6.07) is 0. The minimum Gasteiger partial charge on any atom is -0.545 e. The number of carboxylic acid groups (broad SMARTS) is 2. The number of carbonyl (C=O) groups excluding carboxylic acids is 3. The standard InChI is InChI=1S/C40H74O5.2Na/c1-3-5-7-9-11-13-15-17-19-21-22-24-26-28-30-32-34-36(39(42)43)38(40(44)45)37(41)35-33-31-29-27-25-23-20-18-16-14-12-10-8-6-4-2;;/h3-35H2,1-2H3,(H,42,43)(H,44,45);;/q;2*+1/p-2/b38-36+;;. The molecule has 0 unspecified atom stereocenters. The summed E-state index contributed by atoms with van der Waals surface area (Å²) in [6.45, 7) is 4.51. The fraction of sp³-hybridized carbons (Fsp3) is 0.875. The van der Waals surface area contributed by atoms with Crippen LogP contribution in [0.25, 0.3) is 0 Å². The van der Waals surface area contributed by atoms with E-state index in [1.165, 1.54) is 148 Å². The fourth-order valence-electron chi connectivity index (χ4n) is 6.37. The monoisotopic (exact) mass is 679 g/mol. The summed E-state index contributed by atoms with van der Waals surface area (Å²) in [5.41, 5.74) is -1.05. The third-order valence-electron chi connectivity index (χ3n) is 9.32. The van der Waals surface area contributed by atoms with E-state index in [0.29, 0.717) is 12.8 Å². The van der Waals surface area contributed by atoms with Gasteiger partial charge in [-0.05, 0) is 24.8 Å². The molecule has 0 saturated carbocycles. The topological polar surface area (TPSA) is 97.3 Å². The molecule has 0 aromatic carbocycles. The summed E-state index contributed by atoms with van der Waals surface area (Å²) >= 11 is 0. The number of rotatable bonds is 36. The van der Waals surface area contributed by atoms with Crippen LogP contribution in [0, 0.1) is 0 Å². The van der Waals surface area contributed by atoms with Crippen LogP contribution >= 0.6 is 0 Å². The maximum Gasteiger partial charge on any atom is 1.00 e. The van der Waals surface area contributed by atoms with Crippen molar-refractivity contribution in [3.8, 4) is 0 Å². The maximum absolute atomic E-state index is 12.7. The number of hydrogen-bond acceptors (Lipinski definition) is 5. The average Bonchev–Trinajstić information content (AvgIpc) is 3.01. The van der Waals surface area contributed by atoms with Gasteiger partial charge in [0.2, 0.25) is 0 Å². The molecule has 5 nitrogen and oxygen atoms in total. The largest absolute Gasteiger partial charge is 1.00 e. The fourth-order valence-corrected chi connectivity index (χ4v) is 6.37. The van der Waals surface area contributed by atoms with E-state index in [1.807, 2.05) is 0 Å².